The standard InChI is InChI=1S/C23H23N5O3/c1-2-13-27-18-10-6-5-9-17(18)24-21(27)25-19(29)14-28-20(30)23(26-22(28)31)12-11-15-7-3-4-8-16(15)23/h3-10H,2,11-14H2,1H3,(H,26,31)(H,24,25,29). The first-order chi connectivity index (χ1) is 15.0. The number of anilines is 1. The number of rotatable bonds is 5. The normalized spacial score (nSPS) is 19.8. The maximum atomic E-state index is 13.2. The number of imidazole rings is 1. The highest BCUT2D eigenvalue weighted by Gasteiger charge is 2.55. The number of para-hydroxylation sites is 2. The van der Waals surface area contributed by atoms with Gasteiger partial charge in [0.15, 0.2) is 0 Å². The van der Waals surface area contributed by atoms with E-state index in [0.29, 0.717) is 25.3 Å². The van der Waals surface area contributed by atoms with Crippen LogP contribution in [0.25, 0.3) is 11.0 Å². The molecule has 1 atom stereocenters. The summed E-state index contributed by atoms with van der Waals surface area (Å²) < 4.78 is 1.94. The summed E-state index contributed by atoms with van der Waals surface area (Å²) >= 11 is 0. The Morgan fingerprint density at radius 3 is 2.77 bits per heavy atom. The number of carbonyl (C=O) groups excluding carboxylic acids is 3. The van der Waals surface area contributed by atoms with Gasteiger partial charge < -0.3 is 9.88 Å². The van der Waals surface area contributed by atoms with Gasteiger partial charge in [0, 0.05) is 6.54 Å². The predicted molar refractivity (Wildman–Crippen MR) is 115 cm³/mol. The Hall–Kier alpha value is -3.68. The van der Waals surface area contributed by atoms with Gasteiger partial charge in [-0.05, 0) is 42.5 Å². The number of imide groups is 1. The summed E-state index contributed by atoms with van der Waals surface area (Å²) in [5, 5.41) is 5.63. The molecule has 1 unspecified atom stereocenters. The SMILES string of the molecule is CCCn1c(NC(=O)CN2C(=O)NC3(CCc4ccccc43)C2=O)nc2ccccc21. The second kappa shape index (κ2) is 7.23. The van der Waals surface area contributed by atoms with Crippen LogP contribution in [-0.4, -0.2) is 38.8 Å². The van der Waals surface area contributed by atoms with Crippen molar-refractivity contribution in [3.8, 4) is 0 Å². The molecule has 1 saturated heterocycles. The summed E-state index contributed by atoms with van der Waals surface area (Å²) in [6.45, 7) is 2.38. The molecule has 1 aliphatic carbocycles. The molecule has 0 radical (unpaired) electrons. The van der Waals surface area contributed by atoms with Crippen LogP contribution in [0.4, 0.5) is 10.7 Å². The third kappa shape index (κ3) is 2.98. The molecule has 8 nitrogen and oxygen atoms in total. The van der Waals surface area contributed by atoms with E-state index >= 15 is 0 Å². The van der Waals surface area contributed by atoms with E-state index in [2.05, 4.69) is 15.6 Å². The average Bonchev–Trinajstić information content (AvgIpc) is 3.38. The van der Waals surface area contributed by atoms with Gasteiger partial charge in [0.1, 0.15) is 12.1 Å². The van der Waals surface area contributed by atoms with Gasteiger partial charge in [-0.2, -0.15) is 0 Å². The second-order valence-corrected chi connectivity index (χ2v) is 8.01. The smallest absolute Gasteiger partial charge is 0.319 e. The molecular weight excluding hydrogens is 394 g/mol. The lowest BCUT2D eigenvalue weighted by Crippen LogP contribution is -2.43. The molecule has 2 N–H and O–H groups in total. The van der Waals surface area contributed by atoms with Gasteiger partial charge in [0.2, 0.25) is 11.9 Å². The molecule has 158 valence electrons. The Morgan fingerprint density at radius 2 is 1.94 bits per heavy atom. The molecule has 2 aliphatic rings. The van der Waals surface area contributed by atoms with Crippen LogP contribution in [0.15, 0.2) is 48.5 Å². The van der Waals surface area contributed by atoms with Crippen molar-refractivity contribution in [2.75, 3.05) is 11.9 Å². The van der Waals surface area contributed by atoms with Crippen LogP contribution < -0.4 is 10.6 Å². The zero-order chi connectivity index (χ0) is 21.6. The third-order valence-corrected chi connectivity index (χ3v) is 6.08. The summed E-state index contributed by atoms with van der Waals surface area (Å²) in [7, 11) is 0. The van der Waals surface area contributed by atoms with Crippen molar-refractivity contribution in [2.24, 2.45) is 0 Å². The lowest BCUT2D eigenvalue weighted by atomic mass is 9.92. The van der Waals surface area contributed by atoms with E-state index in [1.165, 1.54) is 0 Å². The number of carbonyl (C=O) groups is 3. The number of benzene rings is 2. The molecule has 1 fully saturated rings. The van der Waals surface area contributed by atoms with E-state index in [9.17, 15) is 14.4 Å². The Balaban J connectivity index is 1.37. The predicted octanol–water partition coefficient (Wildman–Crippen LogP) is 2.78. The number of aryl methyl sites for hydroxylation is 2. The Morgan fingerprint density at radius 1 is 1.16 bits per heavy atom. The highest BCUT2D eigenvalue weighted by atomic mass is 16.2. The van der Waals surface area contributed by atoms with Gasteiger partial charge in [0.05, 0.1) is 11.0 Å². The molecule has 0 saturated carbocycles. The van der Waals surface area contributed by atoms with Crippen LogP contribution in [0, 0.1) is 0 Å². The largest absolute Gasteiger partial charge is 0.325 e. The fourth-order valence-electron chi connectivity index (χ4n) is 4.66. The van der Waals surface area contributed by atoms with Crippen molar-refractivity contribution in [3.63, 3.8) is 0 Å². The van der Waals surface area contributed by atoms with Crippen molar-refractivity contribution < 1.29 is 14.4 Å². The molecule has 4 amide bonds. The molecular formula is C23H23N5O3. The number of nitrogens with zero attached hydrogens (tertiary/aromatic N) is 3. The maximum Gasteiger partial charge on any atom is 0.325 e. The number of nitrogens with one attached hydrogen (secondary N) is 2. The molecule has 1 spiro atoms. The first kappa shape index (κ1) is 19.3. The Labute approximate surface area is 179 Å². The first-order valence-electron chi connectivity index (χ1n) is 10.5. The average molecular weight is 417 g/mol. The summed E-state index contributed by atoms with van der Waals surface area (Å²) in [6.07, 6.45) is 2.09. The summed E-state index contributed by atoms with van der Waals surface area (Å²) in [5.41, 5.74) is 2.51. The molecule has 8 heteroatoms. The van der Waals surface area contributed by atoms with Crippen LogP contribution in [0.5, 0.6) is 0 Å². The fraction of sp³-hybridized carbons (Fsp3) is 0.304. The number of amides is 4. The minimum Gasteiger partial charge on any atom is -0.319 e. The lowest BCUT2D eigenvalue weighted by Gasteiger charge is -2.22. The Bertz CT molecular complexity index is 1220. The molecule has 0 bridgehead atoms. The minimum atomic E-state index is -1.07. The van der Waals surface area contributed by atoms with Crippen molar-refractivity contribution >= 4 is 34.8 Å². The topological polar surface area (TPSA) is 96.3 Å². The van der Waals surface area contributed by atoms with Crippen LogP contribution in [0.1, 0.15) is 30.9 Å². The fourth-order valence-corrected chi connectivity index (χ4v) is 4.66. The van der Waals surface area contributed by atoms with Gasteiger partial charge in [-0.3, -0.25) is 19.8 Å². The number of hydrogen-bond acceptors (Lipinski definition) is 4. The number of fused-ring (bicyclic) bond motifs is 3. The van der Waals surface area contributed by atoms with Crippen LogP contribution in [0.3, 0.4) is 0 Å². The highest BCUT2D eigenvalue weighted by Crippen LogP contribution is 2.41. The summed E-state index contributed by atoms with van der Waals surface area (Å²) in [5.74, 6) is -0.416. The number of urea groups is 1. The van der Waals surface area contributed by atoms with E-state index in [-0.39, 0.29) is 12.5 Å². The molecule has 2 heterocycles. The van der Waals surface area contributed by atoms with Crippen molar-refractivity contribution in [1.29, 1.82) is 0 Å². The summed E-state index contributed by atoms with van der Waals surface area (Å²) in [4.78, 5) is 44.2. The van der Waals surface area contributed by atoms with Gasteiger partial charge >= 0.3 is 6.03 Å². The van der Waals surface area contributed by atoms with Gasteiger partial charge in [-0.25, -0.2) is 9.78 Å². The number of hydrogen-bond donors (Lipinski definition) is 2. The molecule has 5 rings (SSSR count). The third-order valence-electron chi connectivity index (χ3n) is 6.08. The van der Waals surface area contributed by atoms with Gasteiger partial charge in [-0.15, -0.1) is 0 Å². The molecule has 31 heavy (non-hydrogen) atoms. The monoisotopic (exact) mass is 417 g/mol. The van der Waals surface area contributed by atoms with E-state index in [1.54, 1.807) is 0 Å². The maximum absolute atomic E-state index is 13.2. The zero-order valence-electron chi connectivity index (χ0n) is 17.2. The van der Waals surface area contributed by atoms with E-state index in [0.717, 1.165) is 33.5 Å². The zero-order valence-corrected chi connectivity index (χ0v) is 17.2. The number of aromatic nitrogens is 2. The molecule has 3 aromatic rings. The van der Waals surface area contributed by atoms with E-state index in [4.69, 9.17) is 0 Å². The Kier molecular flexibility index (Phi) is 4.50. The minimum absolute atomic E-state index is 0.357. The highest BCUT2D eigenvalue weighted by molar-refractivity contribution is 6.10. The van der Waals surface area contributed by atoms with Crippen molar-refractivity contribution in [3.05, 3.63) is 59.7 Å². The van der Waals surface area contributed by atoms with Crippen LogP contribution in [-0.2, 0) is 28.1 Å². The first-order valence-corrected chi connectivity index (χ1v) is 10.5. The van der Waals surface area contributed by atoms with Crippen LogP contribution >= 0.6 is 0 Å². The molecule has 1 aliphatic heterocycles. The molecule has 1 aromatic heterocycles. The van der Waals surface area contributed by atoms with Gasteiger partial charge in [-0.1, -0.05) is 43.3 Å². The van der Waals surface area contributed by atoms with E-state index in [1.807, 2.05) is 60.0 Å². The van der Waals surface area contributed by atoms with E-state index < -0.39 is 17.5 Å². The lowest BCUT2D eigenvalue weighted by molar-refractivity contribution is -0.134. The molecule has 2 aromatic carbocycles. The van der Waals surface area contributed by atoms with Crippen molar-refractivity contribution in [1.82, 2.24) is 19.8 Å². The second-order valence-electron chi connectivity index (χ2n) is 8.01. The van der Waals surface area contributed by atoms with Crippen molar-refractivity contribution in [2.45, 2.75) is 38.3 Å². The van der Waals surface area contributed by atoms with Gasteiger partial charge in [0.25, 0.3) is 5.91 Å². The van der Waals surface area contributed by atoms with Crippen LogP contribution in [0.2, 0.25) is 0 Å². The summed E-state index contributed by atoms with van der Waals surface area (Å²) in [6, 6.07) is 14.7. The quantitative estimate of drug-likeness (QED) is 0.624.